The van der Waals surface area contributed by atoms with Crippen molar-refractivity contribution in [3.8, 4) is 5.75 Å². The molecule has 21 heavy (non-hydrogen) atoms. The van der Waals surface area contributed by atoms with E-state index in [-0.39, 0.29) is 6.04 Å². The first-order valence-electron chi connectivity index (χ1n) is 7.33. The van der Waals surface area contributed by atoms with Crippen LogP contribution in [0.4, 0.5) is 5.69 Å². The highest BCUT2D eigenvalue weighted by molar-refractivity contribution is 7.98. The Labute approximate surface area is 130 Å². The Kier molecular flexibility index (Phi) is 3.85. The zero-order valence-corrected chi connectivity index (χ0v) is 13.5. The van der Waals surface area contributed by atoms with Gasteiger partial charge in [0.25, 0.3) is 0 Å². The van der Waals surface area contributed by atoms with E-state index in [9.17, 15) is 5.11 Å². The smallest absolute Gasteiger partial charge is 0.121 e. The van der Waals surface area contributed by atoms with Crippen LogP contribution in [0.1, 0.15) is 42.0 Å². The maximum absolute atomic E-state index is 10.3. The molecular weight excluding hydrogens is 278 g/mol. The second-order valence-electron chi connectivity index (χ2n) is 5.79. The molecule has 0 bridgehead atoms. The van der Waals surface area contributed by atoms with Gasteiger partial charge < -0.3 is 10.4 Å². The van der Waals surface area contributed by atoms with Crippen molar-refractivity contribution < 1.29 is 5.11 Å². The molecule has 2 aromatic carbocycles. The minimum Gasteiger partial charge on any atom is -0.508 e. The second-order valence-corrected chi connectivity index (χ2v) is 6.67. The number of aromatic hydroxyl groups is 1. The first-order chi connectivity index (χ1) is 10.1. The van der Waals surface area contributed by atoms with Crippen LogP contribution in [-0.4, -0.2) is 11.4 Å². The molecule has 0 saturated heterocycles. The highest BCUT2D eigenvalue weighted by atomic mass is 32.2. The number of rotatable bonds is 3. The number of aryl methyl sites for hydroxylation is 1. The number of nitrogens with one attached hydrogen (secondary N) is 1. The molecule has 2 nitrogen and oxygen atoms in total. The first kappa shape index (κ1) is 14.3. The Morgan fingerprint density at radius 2 is 2.00 bits per heavy atom. The largest absolute Gasteiger partial charge is 0.508 e. The molecular formula is C18H21NOS. The maximum Gasteiger partial charge on any atom is 0.121 e. The summed E-state index contributed by atoms with van der Waals surface area (Å²) in [5.74, 6) is 0.895. The minimum absolute atomic E-state index is 0.187. The Morgan fingerprint density at radius 3 is 2.76 bits per heavy atom. The number of hydrogen-bond donors (Lipinski definition) is 2. The van der Waals surface area contributed by atoms with Crippen molar-refractivity contribution in [2.24, 2.45) is 0 Å². The third-order valence-electron chi connectivity index (χ3n) is 4.32. The van der Waals surface area contributed by atoms with E-state index < -0.39 is 0 Å². The lowest BCUT2D eigenvalue weighted by atomic mass is 9.97. The maximum atomic E-state index is 10.3. The number of phenolic OH excluding ortho intramolecular Hbond substituents is 1. The van der Waals surface area contributed by atoms with Crippen molar-refractivity contribution >= 4 is 17.4 Å². The van der Waals surface area contributed by atoms with Crippen LogP contribution in [-0.2, 0) is 0 Å². The van der Waals surface area contributed by atoms with Crippen molar-refractivity contribution in [1.29, 1.82) is 0 Å². The van der Waals surface area contributed by atoms with Crippen LogP contribution in [0.15, 0.2) is 41.3 Å². The molecule has 0 spiro atoms. The third-order valence-corrected chi connectivity index (χ3v) is 5.05. The van der Waals surface area contributed by atoms with Crippen molar-refractivity contribution in [3.63, 3.8) is 0 Å². The van der Waals surface area contributed by atoms with Crippen LogP contribution in [0.25, 0.3) is 0 Å². The molecule has 0 fully saturated rings. The van der Waals surface area contributed by atoms with Gasteiger partial charge in [-0.3, -0.25) is 0 Å². The molecule has 2 aromatic rings. The van der Waals surface area contributed by atoms with E-state index in [0.717, 1.165) is 17.7 Å². The molecule has 3 heteroatoms. The summed E-state index contributed by atoms with van der Waals surface area (Å²) >= 11 is 1.74. The van der Waals surface area contributed by atoms with E-state index in [0.29, 0.717) is 11.7 Å². The standard InChI is InChI=1S/C18H21NOS/c1-11-7-8-16(20)18-15(9-12(2)17(11)18)19-13-5-4-6-14(10-13)21-3/h4-8,10,12,15,19-20H,9H2,1-3H3. The van der Waals surface area contributed by atoms with Gasteiger partial charge >= 0.3 is 0 Å². The Morgan fingerprint density at radius 1 is 1.19 bits per heavy atom. The number of hydrogen-bond acceptors (Lipinski definition) is 3. The summed E-state index contributed by atoms with van der Waals surface area (Å²) < 4.78 is 0. The lowest BCUT2D eigenvalue weighted by Gasteiger charge is -2.17. The van der Waals surface area contributed by atoms with Gasteiger partial charge in [-0.25, -0.2) is 0 Å². The van der Waals surface area contributed by atoms with Gasteiger partial charge in [0.1, 0.15) is 5.75 Å². The summed E-state index contributed by atoms with van der Waals surface area (Å²) in [6.07, 6.45) is 3.11. The quantitative estimate of drug-likeness (QED) is 0.775. The summed E-state index contributed by atoms with van der Waals surface area (Å²) in [7, 11) is 0. The Balaban J connectivity index is 1.94. The third kappa shape index (κ3) is 2.62. The molecule has 0 aliphatic heterocycles. The van der Waals surface area contributed by atoms with Crippen LogP contribution < -0.4 is 5.32 Å². The number of phenols is 1. The molecule has 2 atom stereocenters. The first-order valence-corrected chi connectivity index (χ1v) is 8.55. The van der Waals surface area contributed by atoms with E-state index in [1.807, 2.05) is 12.1 Å². The number of thioether (sulfide) groups is 1. The second kappa shape index (κ2) is 5.64. The number of anilines is 1. The van der Waals surface area contributed by atoms with E-state index in [2.05, 4.69) is 49.7 Å². The van der Waals surface area contributed by atoms with E-state index in [1.54, 1.807) is 11.8 Å². The molecule has 0 heterocycles. The molecule has 0 saturated carbocycles. The zero-order chi connectivity index (χ0) is 15.0. The molecule has 3 rings (SSSR count). The van der Waals surface area contributed by atoms with Crippen LogP contribution in [0.3, 0.4) is 0 Å². The summed E-state index contributed by atoms with van der Waals surface area (Å²) in [6.45, 7) is 4.37. The number of fused-ring (bicyclic) bond motifs is 1. The van der Waals surface area contributed by atoms with Gasteiger partial charge in [-0.15, -0.1) is 11.8 Å². The predicted octanol–water partition coefficient (Wildman–Crippen LogP) is 5.08. The average molecular weight is 299 g/mol. The average Bonchev–Trinajstić information content (AvgIpc) is 2.81. The molecule has 1 aliphatic rings. The van der Waals surface area contributed by atoms with Crippen molar-refractivity contribution in [2.45, 2.75) is 37.1 Å². The lowest BCUT2D eigenvalue weighted by molar-refractivity contribution is 0.465. The summed E-state index contributed by atoms with van der Waals surface area (Å²) in [6, 6.07) is 12.5. The van der Waals surface area contributed by atoms with E-state index in [4.69, 9.17) is 0 Å². The van der Waals surface area contributed by atoms with Crippen molar-refractivity contribution in [1.82, 2.24) is 0 Å². The van der Waals surface area contributed by atoms with E-state index in [1.165, 1.54) is 16.0 Å². The molecule has 0 aromatic heterocycles. The van der Waals surface area contributed by atoms with Gasteiger partial charge in [-0.05, 0) is 60.9 Å². The zero-order valence-electron chi connectivity index (χ0n) is 12.7. The summed E-state index contributed by atoms with van der Waals surface area (Å²) in [5, 5.41) is 13.9. The number of benzene rings is 2. The van der Waals surface area contributed by atoms with Gasteiger partial charge in [0.15, 0.2) is 0 Å². The van der Waals surface area contributed by atoms with Gasteiger partial charge in [0.2, 0.25) is 0 Å². The van der Waals surface area contributed by atoms with Crippen LogP contribution in [0.2, 0.25) is 0 Å². The molecule has 2 unspecified atom stereocenters. The summed E-state index contributed by atoms with van der Waals surface area (Å²) in [5.41, 5.74) is 4.79. The normalized spacial score (nSPS) is 20.3. The fraction of sp³-hybridized carbons (Fsp3) is 0.333. The van der Waals surface area contributed by atoms with Crippen LogP contribution in [0.5, 0.6) is 5.75 Å². The van der Waals surface area contributed by atoms with Gasteiger partial charge in [-0.1, -0.05) is 19.1 Å². The van der Waals surface area contributed by atoms with Crippen LogP contribution >= 0.6 is 11.8 Å². The summed E-state index contributed by atoms with van der Waals surface area (Å²) in [4.78, 5) is 1.25. The lowest BCUT2D eigenvalue weighted by Crippen LogP contribution is -2.07. The Bertz CT molecular complexity index is 668. The van der Waals surface area contributed by atoms with Gasteiger partial charge in [-0.2, -0.15) is 0 Å². The fourth-order valence-electron chi connectivity index (χ4n) is 3.39. The predicted molar refractivity (Wildman–Crippen MR) is 90.5 cm³/mol. The fourth-order valence-corrected chi connectivity index (χ4v) is 3.85. The minimum atomic E-state index is 0.187. The van der Waals surface area contributed by atoms with E-state index >= 15 is 0 Å². The van der Waals surface area contributed by atoms with Gasteiger partial charge in [0, 0.05) is 16.1 Å². The molecule has 0 radical (unpaired) electrons. The topological polar surface area (TPSA) is 32.3 Å². The van der Waals surface area contributed by atoms with Crippen molar-refractivity contribution in [2.75, 3.05) is 11.6 Å². The molecule has 1 aliphatic carbocycles. The highest BCUT2D eigenvalue weighted by Gasteiger charge is 2.32. The molecule has 0 amide bonds. The highest BCUT2D eigenvalue weighted by Crippen LogP contribution is 2.47. The van der Waals surface area contributed by atoms with Crippen molar-refractivity contribution in [3.05, 3.63) is 53.1 Å². The van der Waals surface area contributed by atoms with Crippen LogP contribution in [0, 0.1) is 6.92 Å². The SMILES string of the molecule is CSc1cccc(NC2CC(C)c3c(C)ccc(O)c32)c1. The Hall–Kier alpha value is -1.61. The van der Waals surface area contributed by atoms with Gasteiger partial charge in [0.05, 0.1) is 6.04 Å². The molecule has 110 valence electrons. The monoisotopic (exact) mass is 299 g/mol. The molecule has 2 N–H and O–H groups in total.